The topological polar surface area (TPSA) is 38.5 Å². The molecule has 1 fully saturated rings. The normalized spacial score (nSPS) is 15.1. The summed E-state index contributed by atoms with van der Waals surface area (Å²) < 4.78 is 6.33. The number of nitrogens with two attached hydrogens (primary N) is 1. The minimum Gasteiger partial charge on any atom is -0.397 e. The minimum absolute atomic E-state index is 0.664. The van der Waals surface area contributed by atoms with Crippen LogP contribution in [0, 0.1) is 3.57 Å². The summed E-state index contributed by atoms with van der Waals surface area (Å²) >= 11 is 2.28. The lowest BCUT2D eigenvalue weighted by Crippen LogP contribution is -2.30. The Kier molecular flexibility index (Phi) is 3.91. The highest BCUT2D eigenvalue weighted by molar-refractivity contribution is 14.1. The van der Waals surface area contributed by atoms with Gasteiger partial charge in [0.15, 0.2) is 0 Å². The molecule has 0 saturated heterocycles. The zero-order valence-corrected chi connectivity index (χ0v) is 11.6. The average Bonchev–Trinajstić information content (AvgIpc) is 3.05. The van der Waals surface area contributed by atoms with Crippen LogP contribution in [0.15, 0.2) is 18.2 Å². The van der Waals surface area contributed by atoms with Gasteiger partial charge in [-0.3, -0.25) is 0 Å². The molecule has 1 aromatic carbocycles. The van der Waals surface area contributed by atoms with E-state index in [0.29, 0.717) is 6.04 Å². The maximum Gasteiger partial charge on any atom is 0.0637 e. The second-order valence-corrected chi connectivity index (χ2v) is 5.37. The fraction of sp³-hybridized carbons (Fsp3) is 0.500. The van der Waals surface area contributed by atoms with Gasteiger partial charge < -0.3 is 15.4 Å². The van der Waals surface area contributed by atoms with Crippen molar-refractivity contribution in [3.63, 3.8) is 0 Å². The van der Waals surface area contributed by atoms with Gasteiger partial charge >= 0.3 is 0 Å². The lowest BCUT2D eigenvalue weighted by molar-refractivity contribution is 0.205. The van der Waals surface area contributed by atoms with Gasteiger partial charge in [0.25, 0.3) is 0 Å². The fourth-order valence-electron chi connectivity index (χ4n) is 1.86. The Morgan fingerprint density at radius 1 is 1.50 bits per heavy atom. The molecule has 0 bridgehead atoms. The van der Waals surface area contributed by atoms with Crippen molar-refractivity contribution < 1.29 is 4.74 Å². The first-order valence-corrected chi connectivity index (χ1v) is 6.61. The van der Waals surface area contributed by atoms with E-state index in [1.54, 1.807) is 7.11 Å². The predicted octanol–water partition coefficient (Wildman–Crippen LogP) is 2.49. The molecule has 4 heteroatoms. The van der Waals surface area contributed by atoms with E-state index in [1.165, 1.54) is 16.4 Å². The predicted molar refractivity (Wildman–Crippen MR) is 75.8 cm³/mol. The molecule has 1 saturated carbocycles. The van der Waals surface area contributed by atoms with Gasteiger partial charge in [0.1, 0.15) is 0 Å². The Labute approximate surface area is 110 Å². The van der Waals surface area contributed by atoms with E-state index in [1.807, 2.05) is 6.07 Å². The Hall–Kier alpha value is -0.490. The van der Waals surface area contributed by atoms with Crippen molar-refractivity contribution >= 4 is 34.0 Å². The summed E-state index contributed by atoms with van der Waals surface area (Å²) in [7, 11) is 1.74. The van der Waals surface area contributed by atoms with Crippen LogP contribution in [0.25, 0.3) is 0 Å². The van der Waals surface area contributed by atoms with Gasteiger partial charge in [-0.2, -0.15) is 0 Å². The molecule has 2 rings (SSSR count). The smallest absolute Gasteiger partial charge is 0.0637 e. The zero-order valence-electron chi connectivity index (χ0n) is 9.45. The molecule has 0 amide bonds. The molecule has 0 spiro atoms. The van der Waals surface area contributed by atoms with E-state index < -0.39 is 0 Å². The first kappa shape index (κ1) is 12.0. The van der Waals surface area contributed by atoms with E-state index in [2.05, 4.69) is 39.6 Å². The lowest BCUT2D eigenvalue weighted by atomic mass is 10.2. The van der Waals surface area contributed by atoms with Crippen molar-refractivity contribution in [3.8, 4) is 0 Å². The van der Waals surface area contributed by atoms with Gasteiger partial charge in [-0.1, -0.05) is 0 Å². The highest BCUT2D eigenvalue weighted by Crippen LogP contribution is 2.35. The molecular formula is C12H17IN2O. The number of ether oxygens (including phenoxy) is 1. The number of hydrogen-bond acceptors (Lipinski definition) is 3. The van der Waals surface area contributed by atoms with E-state index in [0.717, 1.165) is 24.5 Å². The summed E-state index contributed by atoms with van der Waals surface area (Å²) in [6.45, 7) is 1.67. The van der Waals surface area contributed by atoms with Crippen molar-refractivity contribution in [2.75, 3.05) is 30.9 Å². The van der Waals surface area contributed by atoms with Crippen LogP contribution in [0.3, 0.4) is 0 Å². The van der Waals surface area contributed by atoms with Crippen LogP contribution in [0.4, 0.5) is 11.4 Å². The highest BCUT2D eigenvalue weighted by Gasteiger charge is 2.29. The second kappa shape index (κ2) is 5.23. The van der Waals surface area contributed by atoms with Gasteiger partial charge in [-0.15, -0.1) is 0 Å². The van der Waals surface area contributed by atoms with Crippen LogP contribution in [-0.4, -0.2) is 26.3 Å². The number of anilines is 2. The van der Waals surface area contributed by atoms with Gasteiger partial charge in [0, 0.05) is 23.3 Å². The third-order valence-corrected chi connectivity index (χ3v) is 3.49. The molecule has 1 aliphatic rings. The Balaban J connectivity index is 2.17. The standard InChI is InChI=1S/C12H17IN2O/c1-16-7-6-15(10-3-4-10)12-5-2-9(13)8-11(12)14/h2,5,8,10H,3-4,6-7,14H2,1H3. The molecule has 0 atom stereocenters. The molecule has 1 aliphatic carbocycles. The molecule has 0 aliphatic heterocycles. The van der Waals surface area contributed by atoms with Crippen LogP contribution in [0.5, 0.6) is 0 Å². The summed E-state index contributed by atoms with van der Waals surface area (Å²) in [5.74, 6) is 0. The summed E-state index contributed by atoms with van der Waals surface area (Å²) in [6.07, 6.45) is 2.55. The zero-order chi connectivity index (χ0) is 11.5. The minimum atomic E-state index is 0.664. The van der Waals surface area contributed by atoms with Crippen molar-refractivity contribution in [2.45, 2.75) is 18.9 Å². The maximum atomic E-state index is 6.07. The first-order chi connectivity index (χ1) is 7.72. The molecular weight excluding hydrogens is 315 g/mol. The number of methoxy groups -OCH3 is 1. The van der Waals surface area contributed by atoms with E-state index in [-0.39, 0.29) is 0 Å². The van der Waals surface area contributed by atoms with Gasteiger partial charge in [0.05, 0.1) is 18.0 Å². The lowest BCUT2D eigenvalue weighted by Gasteiger charge is -2.25. The molecule has 16 heavy (non-hydrogen) atoms. The molecule has 0 radical (unpaired) electrons. The number of rotatable bonds is 5. The molecule has 2 N–H and O–H groups in total. The van der Waals surface area contributed by atoms with E-state index in [9.17, 15) is 0 Å². The highest BCUT2D eigenvalue weighted by atomic mass is 127. The Morgan fingerprint density at radius 3 is 2.81 bits per heavy atom. The van der Waals surface area contributed by atoms with Crippen LogP contribution in [0.1, 0.15) is 12.8 Å². The SMILES string of the molecule is COCCN(c1ccc(I)cc1N)C1CC1. The second-order valence-electron chi connectivity index (χ2n) is 4.12. The van der Waals surface area contributed by atoms with Crippen LogP contribution in [-0.2, 0) is 4.74 Å². The van der Waals surface area contributed by atoms with Crippen molar-refractivity contribution in [3.05, 3.63) is 21.8 Å². The van der Waals surface area contributed by atoms with Gasteiger partial charge in [-0.25, -0.2) is 0 Å². The summed E-state index contributed by atoms with van der Waals surface area (Å²) in [5.41, 5.74) is 8.10. The Bertz CT molecular complexity index is 366. The third-order valence-electron chi connectivity index (χ3n) is 2.82. The molecule has 88 valence electrons. The van der Waals surface area contributed by atoms with Gasteiger partial charge in [0.2, 0.25) is 0 Å². The summed E-state index contributed by atoms with van der Waals surface area (Å²) in [5, 5.41) is 0. The molecule has 0 aromatic heterocycles. The van der Waals surface area contributed by atoms with Crippen LogP contribution >= 0.6 is 22.6 Å². The number of halogens is 1. The fourth-order valence-corrected chi connectivity index (χ4v) is 2.38. The maximum absolute atomic E-state index is 6.07. The van der Waals surface area contributed by atoms with Crippen LogP contribution in [0.2, 0.25) is 0 Å². The number of nitrogen functional groups attached to an aromatic ring is 1. The van der Waals surface area contributed by atoms with Crippen molar-refractivity contribution in [1.29, 1.82) is 0 Å². The van der Waals surface area contributed by atoms with Gasteiger partial charge in [-0.05, 0) is 53.6 Å². The van der Waals surface area contributed by atoms with Crippen molar-refractivity contribution in [2.24, 2.45) is 0 Å². The molecule has 1 aromatic rings. The quantitative estimate of drug-likeness (QED) is 0.665. The Morgan fingerprint density at radius 2 is 2.25 bits per heavy atom. The largest absolute Gasteiger partial charge is 0.397 e. The molecule has 0 unspecified atom stereocenters. The molecule has 3 nitrogen and oxygen atoms in total. The van der Waals surface area contributed by atoms with Crippen LogP contribution < -0.4 is 10.6 Å². The number of nitrogens with zero attached hydrogens (tertiary/aromatic N) is 1. The summed E-state index contributed by atoms with van der Waals surface area (Å²) in [4.78, 5) is 2.37. The molecule has 0 heterocycles. The number of benzene rings is 1. The first-order valence-electron chi connectivity index (χ1n) is 5.53. The monoisotopic (exact) mass is 332 g/mol. The average molecular weight is 332 g/mol. The summed E-state index contributed by atoms with van der Waals surface area (Å²) in [6, 6.07) is 6.91. The third kappa shape index (κ3) is 2.79. The van der Waals surface area contributed by atoms with Crippen molar-refractivity contribution in [1.82, 2.24) is 0 Å². The number of hydrogen-bond donors (Lipinski definition) is 1. The van der Waals surface area contributed by atoms with E-state index in [4.69, 9.17) is 10.5 Å². The van der Waals surface area contributed by atoms with E-state index >= 15 is 0 Å².